The minimum absolute atomic E-state index is 0.172. The van der Waals surface area contributed by atoms with Gasteiger partial charge in [0, 0.05) is 21.0 Å². The number of hydrogen-bond donors (Lipinski definition) is 2. The average Bonchev–Trinajstić information content (AvgIpc) is 2.64. The highest BCUT2D eigenvalue weighted by Crippen LogP contribution is 2.28. The maximum Gasteiger partial charge on any atom is 0.339 e. The minimum Gasteiger partial charge on any atom is -0.507 e. The molecule has 0 aliphatic carbocycles. The summed E-state index contributed by atoms with van der Waals surface area (Å²) in [4.78, 5) is 17.5. The number of benzene rings is 3. The fourth-order valence-electron chi connectivity index (χ4n) is 2.19. The van der Waals surface area contributed by atoms with Gasteiger partial charge in [-0.05, 0) is 60.2 Å². The smallest absolute Gasteiger partial charge is 0.339 e. The Morgan fingerprint density at radius 2 is 1.58 bits per heavy atom. The Balaban J connectivity index is 1.71. The van der Waals surface area contributed by atoms with E-state index in [1.165, 1.54) is 12.1 Å². The fraction of sp³-hybridized carbons (Fsp3) is 0. The van der Waals surface area contributed by atoms with Crippen molar-refractivity contribution in [2.45, 2.75) is 9.79 Å². The number of carboxylic acids is 1. The SMILES string of the molecule is O=C(O)c1cc(N=Cc2ccc(Sc3ccc(Cl)cc3)cc2)ccc1O. The Morgan fingerprint density at radius 1 is 0.962 bits per heavy atom. The fourth-order valence-corrected chi connectivity index (χ4v) is 3.13. The van der Waals surface area contributed by atoms with Crippen LogP contribution in [0.1, 0.15) is 15.9 Å². The van der Waals surface area contributed by atoms with Gasteiger partial charge in [0.25, 0.3) is 0 Å². The quantitative estimate of drug-likeness (QED) is 0.559. The Kier molecular flexibility index (Phi) is 5.61. The molecule has 26 heavy (non-hydrogen) atoms. The van der Waals surface area contributed by atoms with Crippen molar-refractivity contribution in [3.63, 3.8) is 0 Å². The van der Waals surface area contributed by atoms with E-state index < -0.39 is 5.97 Å². The van der Waals surface area contributed by atoms with Gasteiger partial charge in [-0.3, -0.25) is 4.99 Å². The third-order valence-corrected chi connectivity index (χ3v) is 4.77. The van der Waals surface area contributed by atoms with Gasteiger partial charge in [0.1, 0.15) is 11.3 Å². The number of hydrogen-bond acceptors (Lipinski definition) is 4. The molecule has 0 aliphatic rings. The van der Waals surface area contributed by atoms with E-state index in [-0.39, 0.29) is 11.3 Å². The van der Waals surface area contributed by atoms with E-state index in [1.807, 2.05) is 48.5 Å². The van der Waals surface area contributed by atoms with Gasteiger partial charge in [0.15, 0.2) is 0 Å². The highest BCUT2D eigenvalue weighted by atomic mass is 35.5. The minimum atomic E-state index is -1.19. The molecule has 3 aromatic rings. The van der Waals surface area contributed by atoms with Crippen molar-refractivity contribution < 1.29 is 15.0 Å². The van der Waals surface area contributed by atoms with Crippen molar-refractivity contribution in [3.8, 4) is 5.75 Å². The highest BCUT2D eigenvalue weighted by molar-refractivity contribution is 7.99. The number of rotatable bonds is 5. The summed E-state index contributed by atoms with van der Waals surface area (Å²) in [6, 6.07) is 19.7. The third-order valence-electron chi connectivity index (χ3n) is 3.50. The molecular formula is C20H14ClNO3S. The van der Waals surface area contributed by atoms with Gasteiger partial charge in [-0.2, -0.15) is 0 Å². The van der Waals surface area contributed by atoms with Crippen molar-refractivity contribution in [3.05, 3.63) is 82.9 Å². The summed E-state index contributed by atoms with van der Waals surface area (Å²) in [7, 11) is 0. The van der Waals surface area contributed by atoms with Crippen LogP contribution in [0.5, 0.6) is 5.75 Å². The summed E-state index contributed by atoms with van der Waals surface area (Å²) in [5.74, 6) is -1.47. The summed E-state index contributed by atoms with van der Waals surface area (Å²) in [6.45, 7) is 0. The zero-order chi connectivity index (χ0) is 18.5. The normalized spacial score (nSPS) is 11.0. The zero-order valence-corrected chi connectivity index (χ0v) is 15.0. The Bertz CT molecular complexity index is 954. The molecule has 0 bridgehead atoms. The first-order chi connectivity index (χ1) is 12.5. The molecule has 0 saturated carbocycles. The van der Waals surface area contributed by atoms with Gasteiger partial charge in [-0.1, -0.05) is 35.5 Å². The number of aliphatic imine (C=N–C) groups is 1. The Labute approximate surface area is 159 Å². The van der Waals surface area contributed by atoms with Crippen LogP contribution in [0.2, 0.25) is 5.02 Å². The van der Waals surface area contributed by atoms with Crippen LogP contribution in [0.3, 0.4) is 0 Å². The van der Waals surface area contributed by atoms with E-state index in [1.54, 1.807) is 24.0 Å². The standard InChI is InChI=1S/C20H14ClNO3S/c21-14-3-8-17(9-4-14)26-16-6-1-13(2-7-16)12-22-15-5-10-19(23)18(11-15)20(24)25/h1-12,23H,(H,24,25). The summed E-state index contributed by atoms with van der Waals surface area (Å²) >= 11 is 7.52. The largest absolute Gasteiger partial charge is 0.507 e. The van der Waals surface area contributed by atoms with Crippen molar-refractivity contribution >= 4 is 41.2 Å². The molecule has 0 unspecified atom stereocenters. The second-order valence-corrected chi connectivity index (χ2v) is 6.97. The highest BCUT2D eigenvalue weighted by Gasteiger charge is 2.09. The lowest BCUT2D eigenvalue weighted by molar-refractivity contribution is 0.0694. The van der Waals surface area contributed by atoms with Gasteiger partial charge in [0.2, 0.25) is 0 Å². The average molecular weight is 384 g/mol. The number of halogens is 1. The molecule has 0 saturated heterocycles. The number of aromatic hydroxyl groups is 1. The second kappa shape index (κ2) is 8.08. The van der Waals surface area contributed by atoms with E-state index in [0.717, 1.165) is 15.4 Å². The van der Waals surface area contributed by atoms with Crippen molar-refractivity contribution in [2.75, 3.05) is 0 Å². The molecule has 2 N–H and O–H groups in total. The Hall–Kier alpha value is -2.76. The van der Waals surface area contributed by atoms with Gasteiger partial charge in [0.05, 0.1) is 5.69 Å². The van der Waals surface area contributed by atoms with Crippen LogP contribution in [0.4, 0.5) is 5.69 Å². The molecule has 3 rings (SSSR count). The van der Waals surface area contributed by atoms with E-state index in [2.05, 4.69) is 4.99 Å². The van der Waals surface area contributed by atoms with Crippen molar-refractivity contribution in [2.24, 2.45) is 4.99 Å². The topological polar surface area (TPSA) is 69.9 Å². The Morgan fingerprint density at radius 3 is 2.19 bits per heavy atom. The molecule has 0 heterocycles. The summed E-state index contributed by atoms with van der Waals surface area (Å²) < 4.78 is 0. The zero-order valence-electron chi connectivity index (χ0n) is 13.5. The lowest BCUT2D eigenvalue weighted by atomic mass is 10.2. The van der Waals surface area contributed by atoms with E-state index in [9.17, 15) is 9.90 Å². The number of aromatic carboxylic acids is 1. The van der Waals surface area contributed by atoms with Gasteiger partial charge >= 0.3 is 5.97 Å². The van der Waals surface area contributed by atoms with Crippen LogP contribution in [0.25, 0.3) is 0 Å². The molecule has 0 fully saturated rings. The third kappa shape index (κ3) is 4.65. The summed E-state index contributed by atoms with van der Waals surface area (Å²) in [6.07, 6.45) is 1.65. The van der Waals surface area contributed by atoms with Crippen LogP contribution in [-0.2, 0) is 0 Å². The van der Waals surface area contributed by atoms with Gasteiger partial charge in [-0.25, -0.2) is 4.79 Å². The predicted octanol–water partition coefficient (Wildman–Crippen LogP) is 5.65. The molecule has 0 radical (unpaired) electrons. The molecule has 4 nitrogen and oxygen atoms in total. The number of phenols is 1. The first kappa shape index (κ1) is 18.0. The van der Waals surface area contributed by atoms with Gasteiger partial charge < -0.3 is 10.2 Å². The molecule has 6 heteroatoms. The first-order valence-corrected chi connectivity index (χ1v) is 8.84. The number of carboxylic acid groups (broad SMARTS) is 1. The van der Waals surface area contributed by atoms with E-state index in [0.29, 0.717) is 10.7 Å². The lowest BCUT2D eigenvalue weighted by Crippen LogP contribution is -1.95. The van der Waals surface area contributed by atoms with Crippen LogP contribution in [0, 0.1) is 0 Å². The van der Waals surface area contributed by atoms with E-state index >= 15 is 0 Å². The van der Waals surface area contributed by atoms with Gasteiger partial charge in [-0.15, -0.1) is 0 Å². The van der Waals surface area contributed by atoms with E-state index in [4.69, 9.17) is 16.7 Å². The number of nitrogens with zero attached hydrogens (tertiary/aromatic N) is 1. The predicted molar refractivity (Wildman–Crippen MR) is 104 cm³/mol. The molecule has 0 atom stereocenters. The maximum atomic E-state index is 11.0. The molecule has 0 aliphatic heterocycles. The maximum absolute atomic E-state index is 11.0. The lowest BCUT2D eigenvalue weighted by Gasteiger charge is -2.03. The molecule has 0 amide bonds. The molecule has 3 aromatic carbocycles. The summed E-state index contributed by atoms with van der Waals surface area (Å²) in [5.41, 5.74) is 1.17. The van der Waals surface area contributed by atoms with Crippen LogP contribution < -0.4 is 0 Å². The number of carbonyl (C=O) groups is 1. The molecule has 0 aromatic heterocycles. The van der Waals surface area contributed by atoms with Crippen molar-refractivity contribution in [1.29, 1.82) is 0 Å². The molecule has 0 spiro atoms. The second-order valence-electron chi connectivity index (χ2n) is 5.39. The first-order valence-electron chi connectivity index (χ1n) is 7.65. The van der Waals surface area contributed by atoms with Crippen LogP contribution in [-0.4, -0.2) is 22.4 Å². The molecule has 130 valence electrons. The van der Waals surface area contributed by atoms with Crippen molar-refractivity contribution in [1.82, 2.24) is 0 Å². The van der Waals surface area contributed by atoms with Crippen LogP contribution >= 0.6 is 23.4 Å². The van der Waals surface area contributed by atoms with Crippen LogP contribution in [0.15, 0.2) is 81.5 Å². The monoisotopic (exact) mass is 383 g/mol. The molecular weight excluding hydrogens is 370 g/mol. The summed E-state index contributed by atoms with van der Waals surface area (Å²) in [5, 5.41) is 19.2.